The summed E-state index contributed by atoms with van der Waals surface area (Å²) in [5.74, 6) is 0.917. The number of hydrogen-bond donors (Lipinski definition) is 2. The van der Waals surface area contributed by atoms with E-state index in [1.54, 1.807) is 17.4 Å². The van der Waals surface area contributed by atoms with Gasteiger partial charge in [0.15, 0.2) is 0 Å². The lowest BCUT2D eigenvalue weighted by atomic mass is 9.97. The van der Waals surface area contributed by atoms with Gasteiger partial charge in [-0.1, -0.05) is 35.3 Å². The van der Waals surface area contributed by atoms with Gasteiger partial charge in [0.1, 0.15) is 0 Å². The molecule has 0 fully saturated rings. The Labute approximate surface area is 147 Å². The number of rotatable bonds is 2. The minimum absolute atomic E-state index is 0.0166. The van der Waals surface area contributed by atoms with Crippen LogP contribution in [0.1, 0.15) is 28.9 Å². The highest BCUT2D eigenvalue weighted by atomic mass is 35.5. The maximum atomic E-state index is 6.38. The van der Waals surface area contributed by atoms with E-state index in [1.165, 1.54) is 4.88 Å². The summed E-state index contributed by atoms with van der Waals surface area (Å²) in [4.78, 5) is 5.50. The highest BCUT2D eigenvalue weighted by Crippen LogP contribution is 2.41. The Morgan fingerprint density at radius 2 is 2.17 bits per heavy atom. The van der Waals surface area contributed by atoms with Crippen molar-refractivity contribution in [3.63, 3.8) is 0 Å². The van der Waals surface area contributed by atoms with Crippen molar-refractivity contribution in [1.29, 1.82) is 0 Å². The first-order valence-corrected chi connectivity index (χ1v) is 8.72. The maximum Gasteiger partial charge on any atom is 0.241 e. The van der Waals surface area contributed by atoms with Crippen LogP contribution < -0.4 is 11.1 Å². The van der Waals surface area contributed by atoms with Crippen molar-refractivity contribution in [2.24, 2.45) is 0 Å². The molecule has 118 valence electrons. The van der Waals surface area contributed by atoms with Crippen molar-refractivity contribution in [1.82, 2.24) is 14.8 Å². The topological polar surface area (TPSA) is 68.8 Å². The van der Waals surface area contributed by atoms with Crippen LogP contribution in [0.4, 0.5) is 11.9 Å². The van der Waals surface area contributed by atoms with Gasteiger partial charge >= 0.3 is 0 Å². The molecule has 1 aliphatic heterocycles. The average Bonchev–Trinajstić information content (AvgIpc) is 3.14. The number of fused-ring (bicyclic) bond motifs is 1. The van der Waals surface area contributed by atoms with Gasteiger partial charge in [-0.3, -0.25) is 0 Å². The zero-order valence-corrected chi connectivity index (χ0v) is 14.2. The van der Waals surface area contributed by atoms with Crippen molar-refractivity contribution < 1.29 is 0 Å². The largest absolute Gasteiger partial charge is 0.366 e. The van der Waals surface area contributed by atoms with E-state index in [4.69, 9.17) is 28.9 Å². The SMILES string of the molecule is Nc1nc2n(n1)[C@@H](c1cccs1)C[C@H](c1ccc(Cl)cc1Cl)N2. The molecule has 1 aromatic carbocycles. The minimum Gasteiger partial charge on any atom is -0.366 e. The molecule has 0 unspecified atom stereocenters. The molecule has 0 spiro atoms. The number of nitrogens with one attached hydrogen (secondary N) is 1. The Morgan fingerprint density at radius 1 is 1.30 bits per heavy atom. The van der Waals surface area contributed by atoms with Crippen LogP contribution in [0.25, 0.3) is 0 Å². The Balaban J connectivity index is 1.77. The molecule has 4 rings (SSSR count). The summed E-state index contributed by atoms with van der Waals surface area (Å²) in [7, 11) is 0. The molecule has 0 aliphatic carbocycles. The molecule has 5 nitrogen and oxygen atoms in total. The average molecular weight is 366 g/mol. The number of nitrogens with zero attached hydrogens (tertiary/aromatic N) is 3. The summed E-state index contributed by atoms with van der Waals surface area (Å²) < 4.78 is 1.85. The highest BCUT2D eigenvalue weighted by molar-refractivity contribution is 7.10. The molecule has 2 aromatic heterocycles. The summed E-state index contributed by atoms with van der Waals surface area (Å²) >= 11 is 14.1. The monoisotopic (exact) mass is 365 g/mol. The van der Waals surface area contributed by atoms with Crippen LogP contribution in [0.5, 0.6) is 0 Å². The Kier molecular flexibility index (Phi) is 3.67. The molecule has 3 heterocycles. The Hall–Kier alpha value is -1.76. The van der Waals surface area contributed by atoms with E-state index >= 15 is 0 Å². The number of benzene rings is 1. The fourth-order valence-electron chi connectivity index (χ4n) is 2.90. The molecule has 1 aliphatic rings. The number of halogens is 2. The molecule has 8 heteroatoms. The zero-order chi connectivity index (χ0) is 16.0. The Bertz CT molecular complexity index is 846. The van der Waals surface area contributed by atoms with Gasteiger partial charge in [0, 0.05) is 14.9 Å². The molecule has 0 saturated carbocycles. The number of nitrogens with two attached hydrogens (primary N) is 1. The van der Waals surface area contributed by atoms with Crippen LogP contribution in [0.2, 0.25) is 10.0 Å². The van der Waals surface area contributed by atoms with Crippen molar-refractivity contribution in [3.8, 4) is 0 Å². The van der Waals surface area contributed by atoms with Gasteiger partial charge in [-0.05, 0) is 35.6 Å². The molecule has 0 bridgehead atoms. The van der Waals surface area contributed by atoms with Gasteiger partial charge in [-0.2, -0.15) is 4.98 Å². The van der Waals surface area contributed by atoms with Crippen molar-refractivity contribution >= 4 is 46.4 Å². The molecular formula is C15H13Cl2N5S. The van der Waals surface area contributed by atoms with E-state index in [0.717, 1.165) is 12.0 Å². The lowest BCUT2D eigenvalue weighted by Gasteiger charge is -2.31. The summed E-state index contributed by atoms with van der Waals surface area (Å²) in [6.07, 6.45) is 0.803. The van der Waals surface area contributed by atoms with E-state index in [2.05, 4.69) is 26.8 Å². The molecule has 3 aromatic rings. The molecular weight excluding hydrogens is 353 g/mol. The standard InChI is InChI=1S/C15H13Cl2N5S/c16-8-3-4-9(10(17)6-8)11-7-12(13-2-1-5-23-13)22-15(19-11)20-14(18)21-22/h1-6,11-12H,7H2,(H3,18,19,20,21)/t11-,12-/m1/s1. The first-order chi connectivity index (χ1) is 11.1. The van der Waals surface area contributed by atoms with Crippen LogP contribution in [-0.4, -0.2) is 14.8 Å². The molecule has 0 saturated heterocycles. The lowest BCUT2D eigenvalue weighted by Crippen LogP contribution is -2.27. The third-order valence-corrected chi connectivity index (χ3v) is 5.45. The van der Waals surface area contributed by atoms with Crippen LogP contribution in [0.3, 0.4) is 0 Å². The van der Waals surface area contributed by atoms with Gasteiger partial charge in [-0.25, -0.2) is 4.68 Å². The molecule has 0 amide bonds. The van der Waals surface area contributed by atoms with Crippen molar-refractivity contribution in [2.75, 3.05) is 11.1 Å². The second kappa shape index (κ2) is 5.70. The molecule has 2 atom stereocenters. The summed E-state index contributed by atoms with van der Waals surface area (Å²) in [6.45, 7) is 0. The first-order valence-electron chi connectivity index (χ1n) is 7.08. The van der Waals surface area contributed by atoms with E-state index in [-0.39, 0.29) is 18.0 Å². The van der Waals surface area contributed by atoms with Crippen LogP contribution >= 0.6 is 34.5 Å². The first kappa shape index (κ1) is 14.8. The van der Waals surface area contributed by atoms with E-state index in [1.807, 2.05) is 22.9 Å². The van der Waals surface area contributed by atoms with Gasteiger partial charge in [0.25, 0.3) is 0 Å². The van der Waals surface area contributed by atoms with Gasteiger partial charge in [0.2, 0.25) is 11.9 Å². The van der Waals surface area contributed by atoms with E-state index in [9.17, 15) is 0 Å². The number of anilines is 2. The summed E-state index contributed by atoms with van der Waals surface area (Å²) in [6, 6.07) is 9.78. The van der Waals surface area contributed by atoms with Crippen LogP contribution in [0.15, 0.2) is 35.7 Å². The number of nitrogen functional groups attached to an aromatic ring is 1. The number of hydrogen-bond acceptors (Lipinski definition) is 5. The molecule has 0 radical (unpaired) electrons. The zero-order valence-electron chi connectivity index (χ0n) is 11.9. The Morgan fingerprint density at radius 3 is 2.91 bits per heavy atom. The third kappa shape index (κ3) is 2.67. The van der Waals surface area contributed by atoms with E-state index in [0.29, 0.717) is 16.0 Å². The predicted molar refractivity (Wildman–Crippen MR) is 94.3 cm³/mol. The lowest BCUT2D eigenvalue weighted by molar-refractivity contribution is 0.437. The van der Waals surface area contributed by atoms with Gasteiger partial charge in [-0.15, -0.1) is 16.4 Å². The minimum atomic E-state index is 0.0166. The van der Waals surface area contributed by atoms with Gasteiger partial charge in [0.05, 0.1) is 12.1 Å². The maximum absolute atomic E-state index is 6.38. The van der Waals surface area contributed by atoms with Crippen LogP contribution in [-0.2, 0) is 0 Å². The normalized spacial score (nSPS) is 20.1. The second-order valence-corrected chi connectivity index (χ2v) is 7.19. The van der Waals surface area contributed by atoms with Crippen molar-refractivity contribution in [3.05, 3.63) is 56.2 Å². The highest BCUT2D eigenvalue weighted by Gasteiger charge is 2.32. The molecule has 3 N–H and O–H groups in total. The fourth-order valence-corrected chi connectivity index (χ4v) is 4.26. The van der Waals surface area contributed by atoms with Crippen molar-refractivity contribution in [2.45, 2.75) is 18.5 Å². The molecule has 23 heavy (non-hydrogen) atoms. The van der Waals surface area contributed by atoms with Gasteiger partial charge < -0.3 is 11.1 Å². The van der Waals surface area contributed by atoms with E-state index < -0.39 is 0 Å². The second-order valence-electron chi connectivity index (χ2n) is 5.37. The smallest absolute Gasteiger partial charge is 0.241 e. The quantitative estimate of drug-likeness (QED) is 0.707. The predicted octanol–water partition coefficient (Wildman–Crippen LogP) is 4.37. The number of aromatic nitrogens is 3. The van der Waals surface area contributed by atoms with Crippen LogP contribution in [0, 0.1) is 0 Å². The fraction of sp³-hybridized carbons (Fsp3) is 0.200. The number of thiophene rings is 1. The summed E-state index contributed by atoms with van der Waals surface area (Å²) in [5, 5.41) is 11.0. The third-order valence-electron chi connectivity index (χ3n) is 3.91. The summed E-state index contributed by atoms with van der Waals surface area (Å²) in [5.41, 5.74) is 6.78.